The first-order valence-electron chi connectivity index (χ1n) is 10.3. The minimum Gasteiger partial charge on any atom is -0.317 e. The van der Waals surface area contributed by atoms with Crippen LogP contribution in [0.2, 0.25) is 10.0 Å². The highest BCUT2D eigenvalue weighted by Crippen LogP contribution is 2.36. The lowest BCUT2D eigenvalue weighted by Crippen LogP contribution is -2.64. The van der Waals surface area contributed by atoms with Crippen LogP contribution in [0.1, 0.15) is 30.0 Å². The smallest absolute Gasteiger partial charge is 0.211 e. The number of hydrogen-bond acceptors (Lipinski definition) is 4. The molecule has 2 heterocycles. The molecule has 2 saturated heterocycles. The van der Waals surface area contributed by atoms with Crippen molar-refractivity contribution in [2.75, 3.05) is 32.4 Å². The molecule has 162 valence electrons. The maximum absolute atomic E-state index is 12.6. The molecule has 2 aromatic rings. The summed E-state index contributed by atoms with van der Waals surface area (Å²) < 4.78 is 27.0. The molecule has 0 aliphatic carbocycles. The summed E-state index contributed by atoms with van der Waals surface area (Å²) in [5.41, 5.74) is 2.26. The van der Waals surface area contributed by atoms with Gasteiger partial charge in [0.15, 0.2) is 0 Å². The summed E-state index contributed by atoms with van der Waals surface area (Å²) in [7, 11) is -3.27. The third-order valence-corrected chi connectivity index (χ3v) is 7.90. The molecule has 0 saturated carbocycles. The van der Waals surface area contributed by atoms with Crippen molar-refractivity contribution in [1.29, 1.82) is 0 Å². The minimum absolute atomic E-state index is 0.00482. The zero-order chi connectivity index (χ0) is 21.3. The van der Waals surface area contributed by atoms with E-state index in [1.807, 2.05) is 48.5 Å². The van der Waals surface area contributed by atoms with Gasteiger partial charge in [-0.1, -0.05) is 47.5 Å². The molecule has 2 aromatic carbocycles. The Morgan fingerprint density at radius 1 is 0.900 bits per heavy atom. The largest absolute Gasteiger partial charge is 0.317 e. The Bertz CT molecular complexity index is 909. The Morgan fingerprint density at radius 3 is 1.80 bits per heavy atom. The number of halogens is 2. The van der Waals surface area contributed by atoms with Crippen molar-refractivity contribution in [3.05, 3.63) is 69.7 Å². The molecule has 4 rings (SSSR count). The number of nitrogens with one attached hydrogen (secondary N) is 1. The van der Waals surface area contributed by atoms with Crippen LogP contribution in [0.15, 0.2) is 48.5 Å². The summed E-state index contributed by atoms with van der Waals surface area (Å²) in [6, 6.07) is 15.9. The summed E-state index contributed by atoms with van der Waals surface area (Å²) >= 11 is 12.2. The van der Waals surface area contributed by atoms with Crippen LogP contribution in [0.3, 0.4) is 0 Å². The lowest BCUT2D eigenvalue weighted by Gasteiger charge is -2.50. The Hall–Kier alpha value is -1.15. The highest BCUT2D eigenvalue weighted by atomic mass is 35.5. The van der Waals surface area contributed by atoms with Gasteiger partial charge in [0.25, 0.3) is 0 Å². The zero-order valence-electron chi connectivity index (χ0n) is 17.0. The van der Waals surface area contributed by atoms with Crippen LogP contribution < -0.4 is 5.32 Å². The number of nitrogens with zero attached hydrogens (tertiary/aromatic N) is 2. The molecule has 2 fully saturated rings. The van der Waals surface area contributed by atoms with E-state index in [0.29, 0.717) is 23.1 Å². The molecular formula is C22H27Cl2N3O2S. The van der Waals surface area contributed by atoms with E-state index in [4.69, 9.17) is 23.2 Å². The lowest BCUT2D eigenvalue weighted by atomic mass is 9.92. The van der Waals surface area contributed by atoms with E-state index in [-0.39, 0.29) is 18.1 Å². The quantitative estimate of drug-likeness (QED) is 0.701. The second kappa shape index (κ2) is 9.15. The fourth-order valence-electron chi connectivity index (χ4n) is 4.66. The van der Waals surface area contributed by atoms with Gasteiger partial charge in [-0.2, -0.15) is 4.31 Å². The zero-order valence-corrected chi connectivity index (χ0v) is 19.3. The monoisotopic (exact) mass is 467 g/mol. The summed E-state index contributed by atoms with van der Waals surface area (Å²) in [4.78, 5) is 2.33. The second-order valence-corrected chi connectivity index (χ2v) is 10.9. The van der Waals surface area contributed by atoms with Crippen molar-refractivity contribution in [2.45, 2.75) is 31.0 Å². The van der Waals surface area contributed by atoms with Gasteiger partial charge in [-0.3, -0.25) is 4.90 Å². The number of sulfonamides is 1. The van der Waals surface area contributed by atoms with E-state index in [9.17, 15) is 8.42 Å². The van der Waals surface area contributed by atoms with Gasteiger partial charge in [0.05, 0.1) is 18.3 Å². The number of likely N-dealkylation sites (tertiary alicyclic amines) is 1. The Balaban J connectivity index is 1.57. The van der Waals surface area contributed by atoms with Crippen LogP contribution in [0.25, 0.3) is 0 Å². The fraction of sp³-hybridized carbons (Fsp3) is 0.455. The van der Waals surface area contributed by atoms with Crippen molar-refractivity contribution in [3.8, 4) is 0 Å². The van der Waals surface area contributed by atoms with E-state index >= 15 is 0 Å². The molecule has 2 aliphatic rings. The molecule has 8 heteroatoms. The molecule has 30 heavy (non-hydrogen) atoms. The van der Waals surface area contributed by atoms with Crippen LogP contribution in [-0.2, 0) is 10.0 Å². The van der Waals surface area contributed by atoms with Crippen LogP contribution in [-0.4, -0.2) is 62.1 Å². The summed E-state index contributed by atoms with van der Waals surface area (Å²) in [5, 5.41) is 4.72. The van der Waals surface area contributed by atoms with E-state index in [2.05, 4.69) is 10.2 Å². The van der Waals surface area contributed by atoms with Gasteiger partial charge in [0.2, 0.25) is 10.0 Å². The van der Waals surface area contributed by atoms with Crippen molar-refractivity contribution in [2.24, 2.45) is 0 Å². The standard InChI is InChI=1S/C22H27Cl2N3O2S/c1-30(28,29)27(20-10-12-25-13-11-20)21-14-26(15-21)22(16-2-6-18(23)7-3-16)17-4-8-19(24)9-5-17/h2-9,20-22,25H,10-15H2,1H3. The predicted octanol–water partition coefficient (Wildman–Crippen LogP) is 3.78. The summed E-state index contributed by atoms with van der Waals surface area (Å²) in [5.74, 6) is 0. The van der Waals surface area contributed by atoms with Crippen molar-refractivity contribution in [3.63, 3.8) is 0 Å². The molecule has 0 unspecified atom stereocenters. The van der Waals surface area contributed by atoms with E-state index < -0.39 is 10.0 Å². The third-order valence-electron chi connectivity index (χ3n) is 6.04. The van der Waals surface area contributed by atoms with Gasteiger partial charge in [0, 0.05) is 29.2 Å². The minimum atomic E-state index is -3.27. The molecule has 0 aromatic heterocycles. The Kier molecular flexibility index (Phi) is 6.73. The van der Waals surface area contributed by atoms with Crippen molar-refractivity contribution in [1.82, 2.24) is 14.5 Å². The highest BCUT2D eigenvalue weighted by Gasteiger charge is 2.43. The molecule has 1 N–H and O–H groups in total. The first-order valence-corrected chi connectivity index (χ1v) is 12.9. The SMILES string of the molecule is CS(=O)(=O)N(C1CCNCC1)C1CN(C(c2ccc(Cl)cc2)c2ccc(Cl)cc2)C1. The Morgan fingerprint density at radius 2 is 1.37 bits per heavy atom. The molecule has 0 amide bonds. The third kappa shape index (κ3) is 4.85. The fourth-order valence-corrected chi connectivity index (χ4v) is 6.34. The number of rotatable bonds is 6. The van der Waals surface area contributed by atoms with E-state index in [1.54, 1.807) is 4.31 Å². The van der Waals surface area contributed by atoms with Crippen molar-refractivity contribution >= 4 is 33.2 Å². The van der Waals surface area contributed by atoms with Gasteiger partial charge in [-0.25, -0.2) is 8.42 Å². The molecular weight excluding hydrogens is 441 g/mol. The average molecular weight is 468 g/mol. The molecule has 0 radical (unpaired) electrons. The molecule has 0 spiro atoms. The predicted molar refractivity (Wildman–Crippen MR) is 123 cm³/mol. The number of hydrogen-bond donors (Lipinski definition) is 1. The Labute approximate surface area is 189 Å². The molecule has 0 bridgehead atoms. The van der Waals surface area contributed by atoms with Crippen molar-refractivity contribution < 1.29 is 8.42 Å². The first-order chi connectivity index (χ1) is 14.3. The molecule has 0 atom stereocenters. The maximum Gasteiger partial charge on any atom is 0.211 e. The normalized spacial score (nSPS) is 19.4. The van der Waals surface area contributed by atoms with Crippen LogP contribution in [0.5, 0.6) is 0 Å². The van der Waals surface area contributed by atoms with E-state index in [0.717, 1.165) is 37.1 Å². The molecule has 2 aliphatic heterocycles. The van der Waals surface area contributed by atoms with Gasteiger partial charge in [0.1, 0.15) is 0 Å². The van der Waals surface area contributed by atoms with Crippen LogP contribution in [0.4, 0.5) is 0 Å². The van der Waals surface area contributed by atoms with Gasteiger partial charge >= 0.3 is 0 Å². The van der Waals surface area contributed by atoms with Gasteiger partial charge < -0.3 is 5.32 Å². The summed E-state index contributed by atoms with van der Waals surface area (Å²) in [6.45, 7) is 3.14. The second-order valence-electron chi connectivity index (χ2n) is 8.19. The van der Waals surface area contributed by atoms with Gasteiger partial charge in [-0.05, 0) is 61.3 Å². The highest BCUT2D eigenvalue weighted by molar-refractivity contribution is 7.88. The van der Waals surface area contributed by atoms with Crippen LogP contribution in [0, 0.1) is 0 Å². The van der Waals surface area contributed by atoms with E-state index in [1.165, 1.54) is 6.26 Å². The van der Waals surface area contributed by atoms with Crippen LogP contribution >= 0.6 is 23.2 Å². The number of piperidine rings is 1. The number of benzene rings is 2. The first kappa shape index (κ1) is 22.1. The summed E-state index contributed by atoms with van der Waals surface area (Å²) in [6.07, 6.45) is 3.07. The lowest BCUT2D eigenvalue weighted by molar-refractivity contribution is 0.0325. The topological polar surface area (TPSA) is 52.7 Å². The van der Waals surface area contributed by atoms with Gasteiger partial charge in [-0.15, -0.1) is 0 Å². The average Bonchev–Trinajstić information content (AvgIpc) is 2.68. The maximum atomic E-state index is 12.6. The molecule has 5 nitrogen and oxygen atoms in total.